The van der Waals surface area contributed by atoms with Crippen LogP contribution in [-0.2, 0) is 0 Å². The molecule has 112 valence electrons. The molecule has 0 spiro atoms. The molecule has 4 N–H and O–H groups in total. The van der Waals surface area contributed by atoms with E-state index in [-0.39, 0.29) is 6.61 Å². The van der Waals surface area contributed by atoms with E-state index in [9.17, 15) is 0 Å². The summed E-state index contributed by atoms with van der Waals surface area (Å²) in [6.07, 6.45) is 1.48. The number of aliphatic hydroxyl groups is 1. The molecule has 6 nitrogen and oxygen atoms in total. The second-order valence-electron chi connectivity index (χ2n) is 4.76. The Bertz CT molecular complexity index is 602. The minimum Gasteiger partial charge on any atom is -0.395 e. The first-order valence-electron chi connectivity index (χ1n) is 6.95. The van der Waals surface area contributed by atoms with Crippen molar-refractivity contribution < 1.29 is 5.11 Å². The third-order valence-corrected chi connectivity index (χ3v) is 3.19. The van der Waals surface area contributed by atoms with Crippen molar-refractivity contribution in [1.29, 1.82) is 0 Å². The topological polar surface area (TPSA) is 87.3 Å². The van der Waals surface area contributed by atoms with Gasteiger partial charge in [0, 0.05) is 18.8 Å². The van der Waals surface area contributed by atoms with Gasteiger partial charge in [-0.2, -0.15) is 0 Å². The van der Waals surface area contributed by atoms with Crippen molar-refractivity contribution in [1.82, 2.24) is 9.97 Å². The SMILES string of the molecule is CCN(CCO)c1ncnc(Nc2cccc(C)c2)c1N. The van der Waals surface area contributed by atoms with Crippen molar-refractivity contribution in [3.63, 3.8) is 0 Å². The number of likely N-dealkylation sites (N-methyl/N-ethyl adjacent to an activating group) is 1. The molecule has 0 aliphatic heterocycles. The first-order valence-corrected chi connectivity index (χ1v) is 6.95. The maximum absolute atomic E-state index is 9.11. The summed E-state index contributed by atoms with van der Waals surface area (Å²) in [5.74, 6) is 1.21. The molecule has 2 aromatic rings. The Labute approximate surface area is 124 Å². The molecule has 0 atom stereocenters. The third-order valence-electron chi connectivity index (χ3n) is 3.19. The number of nitrogens with zero attached hydrogens (tertiary/aromatic N) is 3. The van der Waals surface area contributed by atoms with Gasteiger partial charge in [-0.25, -0.2) is 9.97 Å². The summed E-state index contributed by atoms with van der Waals surface area (Å²) in [4.78, 5) is 10.3. The lowest BCUT2D eigenvalue weighted by molar-refractivity contribution is 0.302. The first-order chi connectivity index (χ1) is 10.2. The molecule has 2 rings (SSSR count). The van der Waals surface area contributed by atoms with E-state index in [0.717, 1.165) is 11.3 Å². The summed E-state index contributed by atoms with van der Waals surface area (Å²) < 4.78 is 0. The first kappa shape index (κ1) is 15.1. The number of aryl methyl sites for hydroxylation is 1. The van der Waals surface area contributed by atoms with Crippen LogP contribution in [0.25, 0.3) is 0 Å². The van der Waals surface area contributed by atoms with Gasteiger partial charge in [0.25, 0.3) is 0 Å². The molecule has 0 radical (unpaired) electrons. The van der Waals surface area contributed by atoms with Crippen LogP contribution in [0.4, 0.5) is 23.0 Å². The van der Waals surface area contributed by atoms with Gasteiger partial charge in [0.2, 0.25) is 0 Å². The largest absolute Gasteiger partial charge is 0.395 e. The molecule has 0 amide bonds. The van der Waals surface area contributed by atoms with E-state index in [0.29, 0.717) is 30.4 Å². The van der Waals surface area contributed by atoms with E-state index >= 15 is 0 Å². The summed E-state index contributed by atoms with van der Waals surface area (Å²) in [5, 5.41) is 12.3. The maximum atomic E-state index is 9.11. The number of nitrogen functional groups attached to an aromatic ring is 1. The van der Waals surface area contributed by atoms with Crippen LogP contribution in [0.1, 0.15) is 12.5 Å². The molecule has 0 unspecified atom stereocenters. The van der Waals surface area contributed by atoms with Gasteiger partial charge in [-0.1, -0.05) is 12.1 Å². The van der Waals surface area contributed by atoms with Crippen molar-refractivity contribution >= 4 is 23.0 Å². The fourth-order valence-corrected chi connectivity index (χ4v) is 2.13. The van der Waals surface area contributed by atoms with E-state index in [1.165, 1.54) is 6.33 Å². The molecule has 6 heteroatoms. The van der Waals surface area contributed by atoms with E-state index < -0.39 is 0 Å². The Hall–Kier alpha value is -2.34. The van der Waals surface area contributed by atoms with Gasteiger partial charge in [0.1, 0.15) is 12.0 Å². The Morgan fingerprint density at radius 1 is 1.33 bits per heavy atom. The number of anilines is 4. The van der Waals surface area contributed by atoms with Crippen LogP contribution in [-0.4, -0.2) is 34.8 Å². The molecule has 0 aliphatic carbocycles. The Morgan fingerprint density at radius 2 is 2.14 bits per heavy atom. The van der Waals surface area contributed by atoms with Crippen molar-refractivity contribution in [3.05, 3.63) is 36.2 Å². The summed E-state index contributed by atoms with van der Waals surface area (Å²) in [6.45, 7) is 5.27. The van der Waals surface area contributed by atoms with Crippen molar-refractivity contribution in [2.45, 2.75) is 13.8 Å². The predicted molar refractivity (Wildman–Crippen MR) is 85.9 cm³/mol. The number of rotatable bonds is 6. The normalized spacial score (nSPS) is 10.4. The van der Waals surface area contributed by atoms with Gasteiger partial charge in [-0.15, -0.1) is 0 Å². The molecular formula is C15H21N5O. The smallest absolute Gasteiger partial charge is 0.159 e. The van der Waals surface area contributed by atoms with Crippen LogP contribution in [0, 0.1) is 6.92 Å². The molecule has 1 aromatic carbocycles. The molecule has 0 saturated carbocycles. The lowest BCUT2D eigenvalue weighted by Gasteiger charge is -2.23. The fraction of sp³-hybridized carbons (Fsp3) is 0.333. The predicted octanol–water partition coefficient (Wildman–Crippen LogP) is 1.93. The Morgan fingerprint density at radius 3 is 2.81 bits per heavy atom. The minimum absolute atomic E-state index is 0.0535. The summed E-state index contributed by atoms with van der Waals surface area (Å²) in [6, 6.07) is 7.98. The highest BCUT2D eigenvalue weighted by Crippen LogP contribution is 2.28. The van der Waals surface area contributed by atoms with E-state index in [2.05, 4.69) is 15.3 Å². The van der Waals surface area contributed by atoms with Crippen molar-refractivity contribution in [2.75, 3.05) is 35.6 Å². The van der Waals surface area contributed by atoms with Gasteiger partial charge in [0.05, 0.1) is 6.61 Å². The number of nitrogens with two attached hydrogens (primary N) is 1. The van der Waals surface area contributed by atoms with Gasteiger partial charge in [-0.3, -0.25) is 0 Å². The summed E-state index contributed by atoms with van der Waals surface area (Å²) >= 11 is 0. The van der Waals surface area contributed by atoms with Crippen LogP contribution in [0.5, 0.6) is 0 Å². The summed E-state index contributed by atoms with van der Waals surface area (Å²) in [7, 11) is 0. The highest BCUT2D eigenvalue weighted by Gasteiger charge is 2.13. The number of aliphatic hydroxyl groups excluding tert-OH is 1. The number of nitrogens with one attached hydrogen (secondary N) is 1. The molecule has 1 heterocycles. The number of hydrogen-bond acceptors (Lipinski definition) is 6. The van der Waals surface area contributed by atoms with Crippen molar-refractivity contribution in [2.24, 2.45) is 0 Å². The highest BCUT2D eigenvalue weighted by atomic mass is 16.3. The van der Waals surface area contributed by atoms with Gasteiger partial charge in [-0.05, 0) is 31.5 Å². The number of aromatic nitrogens is 2. The third kappa shape index (κ3) is 3.61. The van der Waals surface area contributed by atoms with Crippen LogP contribution < -0.4 is 16.0 Å². The monoisotopic (exact) mass is 287 g/mol. The molecule has 0 fully saturated rings. The zero-order chi connectivity index (χ0) is 15.2. The standard InChI is InChI=1S/C15H21N5O/c1-3-20(7-8-21)15-13(16)14(17-10-18-15)19-12-6-4-5-11(2)9-12/h4-6,9-10,21H,3,7-8,16H2,1-2H3,(H,17,18,19). The lowest BCUT2D eigenvalue weighted by atomic mass is 10.2. The average Bonchev–Trinajstić information content (AvgIpc) is 2.47. The highest BCUT2D eigenvalue weighted by molar-refractivity contribution is 5.78. The lowest BCUT2D eigenvalue weighted by Crippen LogP contribution is -2.28. The molecule has 0 aliphatic rings. The summed E-state index contributed by atoms with van der Waals surface area (Å²) in [5.41, 5.74) is 8.73. The molecule has 1 aromatic heterocycles. The average molecular weight is 287 g/mol. The second kappa shape index (κ2) is 6.90. The van der Waals surface area contributed by atoms with Gasteiger partial charge >= 0.3 is 0 Å². The van der Waals surface area contributed by atoms with Crippen molar-refractivity contribution in [3.8, 4) is 0 Å². The van der Waals surface area contributed by atoms with E-state index in [1.54, 1.807) is 0 Å². The van der Waals surface area contributed by atoms with Crippen LogP contribution in [0.3, 0.4) is 0 Å². The van der Waals surface area contributed by atoms with E-state index in [1.807, 2.05) is 43.0 Å². The zero-order valence-electron chi connectivity index (χ0n) is 12.4. The molecule has 0 saturated heterocycles. The quantitative estimate of drug-likeness (QED) is 0.752. The molecule has 21 heavy (non-hydrogen) atoms. The van der Waals surface area contributed by atoms with Crippen LogP contribution >= 0.6 is 0 Å². The number of hydrogen-bond donors (Lipinski definition) is 3. The molecule has 0 bridgehead atoms. The number of benzene rings is 1. The van der Waals surface area contributed by atoms with Crippen LogP contribution in [0.15, 0.2) is 30.6 Å². The Balaban J connectivity index is 2.29. The minimum atomic E-state index is 0.0535. The molecular weight excluding hydrogens is 266 g/mol. The zero-order valence-corrected chi connectivity index (χ0v) is 12.4. The second-order valence-corrected chi connectivity index (χ2v) is 4.76. The fourth-order valence-electron chi connectivity index (χ4n) is 2.13. The van der Waals surface area contributed by atoms with E-state index in [4.69, 9.17) is 10.8 Å². The van der Waals surface area contributed by atoms with Gasteiger partial charge < -0.3 is 21.1 Å². The maximum Gasteiger partial charge on any atom is 0.159 e. The van der Waals surface area contributed by atoms with Gasteiger partial charge in [0.15, 0.2) is 11.6 Å². The Kier molecular flexibility index (Phi) is 4.94. The van der Waals surface area contributed by atoms with Crippen LogP contribution in [0.2, 0.25) is 0 Å².